The topological polar surface area (TPSA) is 37.3 Å². The lowest BCUT2D eigenvalue weighted by atomic mass is 10.1. The molecule has 1 amide bonds. The minimum Gasteiger partial charge on any atom is -0.349 e. The smallest absolute Gasteiger partial charge is 0.238 e. The van der Waals surface area contributed by atoms with Crippen molar-refractivity contribution in [1.29, 1.82) is 0 Å². The van der Waals surface area contributed by atoms with Gasteiger partial charge in [0.05, 0.1) is 12.2 Å². The van der Waals surface area contributed by atoms with E-state index in [1.807, 2.05) is 42.5 Å². The van der Waals surface area contributed by atoms with Crippen molar-refractivity contribution in [1.82, 2.24) is 9.47 Å². The van der Waals surface area contributed by atoms with Crippen molar-refractivity contribution in [3.8, 4) is 0 Å². The van der Waals surface area contributed by atoms with Gasteiger partial charge in [-0.2, -0.15) is 0 Å². The van der Waals surface area contributed by atoms with Crippen LogP contribution < -0.4 is 5.32 Å². The Morgan fingerprint density at radius 1 is 1.04 bits per heavy atom. The van der Waals surface area contributed by atoms with Crippen molar-refractivity contribution in [2.75, 3.05) is 18.4 Å². The Morgan fingerprint density at radius 2 is 1.81 bits per heavy atom. The predicted octanol–water partition coefficient (Wildman–Crippen LogP) is 4.65. The molecule has 2 heterocycles. The van der Waals surface area contributed by atoms with Crippen molar-refractivity contribution in [3.63, 3.8) is 0 Å². The van der Waals surface area contributed by atoms with E-state index in [0.29, 0.717) is 6.54 Å². The molecule has 0 saturated heterocycles. The van der Waals surface area contributed by atoms with Crippen molar-refractivity contribution in [2.45, 2.75) is 29.3 Å². The Labute approximate surface area is 164 Å². The number of carbonyl (C=O) groups excluding carboxylic acids is 1. The zero-order valence-corrected chi connectivity index (χ0v) is 16.2. The van der Waals surface area contributed by atoms with Gasteiger partial charge in [-0.25, -0.2) is 0 Å². The monoisotopic (exact) mass is 377 g/mol. The molecule has 1 aromatic heterocycles. The van der Waals surface area contributed by atoms with E-state index in [9.17, 15) is 4.79 Å². The van der Waals surface area contributed by atoms with Crippen molar-refractivity contribution < 1.29 is 4.79 Å². The lowest BCUT2D eigenvalue weighted by Crippen LogP contribution is -2.41. The maximum atomic E-state index is 12.7. The van der Waals surface area contributed by atoms with Crippen LogP contribution in [0.3, 0.4) is 0 Å². The van der Waals surface area contributed by atoms with Crippen LogP contribution in [0.2, 0.25) is 0 Å². The van der Waals surface area contributed by atoms with Gasteiger partial charge in [0, 0.05) is 40.8 Å². The summed E-state index contributed by atoms with van der Waals surface area (Å²) < 4.78 is 2.27. The zero-order valence-electron chi connectivity index (χ0n) is 15.3. The number of aromatic nitrogens is 1. The summed E-state index contributed by atoms with van der Waals surface area (Å²) in [5.74, 6) is 0.0305. The second-order valence-corrected chi connectivity index (χ2v) is 7.85. The zero-order chi connectivity index (χ0) is 18.6. The largest absolute Gasteiger partial charge is 0.349 e. The van der Waals surface area contributed by atoms with Crippen LogP contribution in [-0.2, 0) is 11.3 Å². The summed E-state index contributed by atoms with van der Waals surface area (Å²) in [6, 6.07) is 22.6. The number of carbonyl (C=O) groups is 1. The lowest BCUT2D eigenvalue weighted by molar-refractivity contribution is -0.118. The summed E-state index contributed by atoms with van der Waals surface area (Å²) in [5.41, 5.74) is 2.14. The number of para-hydroxylation sites is 1. The minimum absolute atomic E-state index is 0.0305. The maximum Gasteiger partial charge on any atom is 0.238 e. The fourth-order valence-electron chi connectivity index (χ4n) is 3.49. The van der Waals surface area contributed by atoms with Crippen LogP contribution in [0.5, 0.6) is 0 Å². The van der Waals surface area contributed by atoms with E-state index in [1.54, 1.807) is 11.8 Å². The van der Waals surface area contributed by atoms with Crippen LogP contribution in [0.25, 0.3) is 0 Å². The Bertz CT molecular complexity index is 922. The quantitative estimate of drug-likeness (QED) is 0.703. The first kappa shape index (κ1) is 17.9. The molecule has 0 spiro atoms. The number of anilines is 1. The number of nitrogens with zero attached hydrogens (tertiary/aromatic N) is 2. The van der Waals surface area contributed by atoms with Gasteiger partial charge in [-0.1, -0.05) is 42.1 Å². The van der Waals surface area contributed by atoms with E-state index in [1.165, 1.54) is 5.69 Å². The molecule has 5 heteroatoms. The first-order chi connectivity index (χ1) is 13.2. The molecule has 27 heavy (non-hydrogen) atoms. The van der Waals surface area contributed by atoms with Crippen LogP contribution in [0.4, 0.5) is 5.69 Å². The van der Waals surface area contributed by atoms with Gasteiger partial charge in [-0.3, -0.25) is 9.69 Å². The van der Waals surface area contributed by atoms with E-state index >= 15 is 0 Å². The van der Waals surface area contributed by atoms with E-state index in [4.69, 9.17) is 0 Å². The molecule has 1 N–H and O–H groups in total. The Kier molecular flexibility index (Phi) is 5.32. The van der Waals surface area contributed by atoms with Crippen molar-refractivity contribution in [3.05, 3.63) is 78.6 Å². The Balaban J connectivity index is 1.43. The third-order valence-corrected chi connectivity index (χ3v) is 6.03. The van der Waals surface area contributed by atoms with Crippen LogP contribution in [0.15, 0.2) is 82.7 Å². The molecule has 0 bridgehead atoms. The number of benzene rings is 2. The molecule has 1 atom stereocenters. The third kappa shape index (κ3) is 4.10. The summed E-state index contributed by atoms with van der Waals surface area (Å²) in [5, 5.41) is 3.11. The molecular formula is C22H23N3OS. The molecule has 1 aliphatic heterocycles. The highest BCUT2D eigenvalue weighted by atomic mass is 32.2. The summed E-state index contributed by atoms with van der Waals surface area (Å²) >= 11 is 1.66. The molecule has 0 aliphatic carbocycles. The van der Waals surface area contributed by atoms with Gasteiger partial charge in [0.25, 0.3) is 0 Å². The van der Waals surface area contributed by atoms with Gasteiger partial charge in [0.15, 0.2) is 0 Å². The first-order valence-corrected chi connectivity index (χ1v) is 10.0. The molecule has 1 unspecified atom stereocenters. The third-order valence-electron chi connectivity index (χ3n) is 4.95. The molecule has 4 rings (SSSR count). The van der Waals surface area contributed by atoms with E-state index in [0.717, 1.165) is 28.6 Å². The molecule has 1 aliphatic rings. The molecule has 2 aromatic carbocycles. The molecule has 0 fully saturated rings. The molecule has 3 aromatic rings. The summed E-state index contributed by atoms with van der Waals surface area (Å²) in [6.07, 6.45) is 2.11. The van der Waals surface area contributed by atoms with Gasteiger partial charge in [0.1, 0.15) is 0 Å². The average Bonchev–Trinajstić information content (AvgIpc) is 3.16. The fraction of sp³-hybridized carbons (Fsp3) is 0.227. The van der Waals surface area contributed by atoms with E-state index < -0.39 is 0 Å². The Morgan fingerprint density at radius 3 is 2.67 bits per heavy atom. The lowest BCUT2D eigenvalue weighted by Gasteiger charge is -2.34. The van der Waals surface area contributed by atoms with Crippen LogP contribution in [0, 0.1) is 0 Å². The molecule has 138 valence electrons. The molecular weight excluding hydrogens is 354 g/mol. The summed E-state index contributed by atoms with van der Waals surface area (Å²) in [4.78, 5) is 17.2. The summed E-state index contributed by atoms with van der Waals surface area (Å²) in [7, 11) is 0. The van der Waals surface area contributed by atoms with Gasteiger partial charge in [0.2, 0.25) is 5.91 Å². The second-order valence-electron chi connectivity index (χ2n) is 6.73. The number of hydrogen-bond donors (Lipinski definition) is 1. The molecule has 4 nitrogen and oxygen atoms in total. The van der Waals surface area contributed by atoms with Crippen molar-refractivity contribution in [2.24, 2.45) is 0 Å². The molecule has 0 radical (unpaired) electrons. The van der Waals surface area contributed by atoms with Gasteiger partial charge >= 0.3 is 0 Å². The predicted molar refractivity (Wildman–Crippen MR) is 110 cm³/mol. The highest BCUT2D eigenvalue weighted by molar-refractivity contribution is 7.99. The van der Waals surface area contributed by atoms with Gasteiger partial charge in [-0.05, 0) is 43.3 Å². The number of fused-ring (bicyclic) bond motifs is 1. The van der Waals surface area contributed by atoms with Gasteiger partial charge < -0.3 is 9.88 Å². The minimum atomic E-state index is 0.0305. The standard InChI is InChI=1S/C22H23N3OS/c1-17-20-11-7-13-24(20)14-15-25(17)16-22(26)23-19-10-5-6-12-21(19)27-18-8-3-2-4-9-18/h2-13,17H,14-16H2,1H3,(H,23,26). The van der Waals surface area contributed by atoms with Crippen LogP contribution in [-0.4, -0.2) is 28.5 Å². The normalized spacial score (nSPS) is 16.7. The highest BCUT2D eigenvalue weighted by Crippen LogP contribution is 2.33. The summed E-state index contributed by atoms with van der Waals surface area (Å²) in [6.45, 7) is 4.38. The number of amides is 1. The fourth-order valence-corrected chi connectivity index (χ4v) is 4.41. The van der Waals surface area contributed by atoms with Crippen LogP contribution >= 0.6 is 11.8 Å². The van der Waals surface area contributed by atoms with E-state index in [-0.39, 0.29) is 11.9 Å². The highest BCUT2D eigenvalue weighted by Gasteiger charge is 2.25. The average molecular weight is 378 g/mol. The number of nitrogens with one attached hydrogen (secondary N) is 1. The molecule has 0 saturated carbocycles. The van der Waals surface area contributed by atoms with E-state index in [2.05, 4.69) is 52.2 Å². The van der Waals surface area contributed by atoms with Gasteiger partial charge in [-0.15, -0.1) is 0 Å². The number of hydrogen-bond acceptors (Lipinski definition) is 3. The Hall–Kier alpha value is -2.50. The number of rotatable bonds is 5. The van der Waals surface area contributed by atoms with Crippen LogP contribution in [0.1, 0.15) is 18.7 Å². The van der Waals surface area contributed by atoms with Crippen molar-refractivity contribution >= 4 is 23.4 Å². The SMILES string of the molecule is CC1c2cccn2CCN1CC(=O)Nc1ccccc1Sc1ccccc1. The second kappa shape index (κ2) is 8.03. The maximum absolute atomic E-state index is 12.7. The first-order valence-electron chi connectivity index (χ1n) is 9.21.